The molecule has 2 nitrogen and oxygen atoms in total. The van der Waals surface area contributed by atoms with Crippen LogP contribution in [-0.2, 0) is 5.41 Å². The molecule has 4 aromatic carbocycles. The highest BCUT2D eigenvalue weighted by Gasteiger charge is 2.45. The Balaban J connectivity index is 0.000000834. The predicted octanol–water partition coefficient (Wildman–Crippen LogP) is 11.6. The monoisotopic (exact) mass is 583 g/mol. The number of rotatable bonds is 5. The zero-order valence-electron chi connectivity index (χ0n) is 28.1. The number of aliphatic hydroxyl groups excluding tert-OH is 1. The van der Waals surface area contributed by atoms with Crippen molar-refractivity contribution in [3.05, 3.63) is 142 Å². The van der Waals surface area contributed by atoms with Gasteiger partial charge in [0.05, 0.1) is 0 Å². The highest BCUT2D eigenvalue weighted by Crippen LogP contribution is 2.57. The molecular weight excluding hydrogens is 534 g/mol. The normalized spacial score (nSPS) is 15.2. The van der Waals surface area contributed by atoms with E-state index < -0.39 is 0 Å². The third-order valence-corrected chi connectivity index (χ3v) is 8.54. The second-order valence-electron chi connectivity index (χ2n) is 12.8. The number of aryl methyl sites for hydroxylation is 2. The summed E-state index contributed by atoms with van der Waals surface area (Å²) in [6, 6.07) is 33.0. The van der Waals surface area contributed by atoms with Crippen LogP contribution in [0.25, 0.3) is 17.7 Å². The van der Waals surface area contributed by atoms with Crippen LogP contribution in [0.15, 0.2) is 109 Å². The third kappa shape index (κ3) is 6.37. The molecule has 0 bridgehead atoms. The van der Waals surface area contributed by atoms with Crippen molar-refractivity contribution in [2.24, 2.45) is 5.41 Å². The molecule has 0 saturated carbocycles. The van der Waals surface area contributed by atoms with Gasteiger partial charge in [-0.3, -0.25) is 0 Å². The summed E-state index contributed by atoms with van der Waals surface area (Å²) in [4.78, 5) is 2.36. The van der Waals surface area contributed by atoms with Crippen LogP contribution < -0.4 is 4.90 Å². The first-order chi connectivity index (χ1) is 21.1. The number of anilines is 3. The Morgan fingerprint density at radius 2 is 1.18 bits per heavy atom. The Labute approximate surface area is 266 Å². The van der Waals surface area contributed by atoms with Crippen LogP contribution in [0.1, 0.15) is 81.3 Å². The molecule has 228 valence electrons. The van der Waals surface area contributed by atoms with Crippen molar-refractivity contribution >= 4 is 34.8 Å². The first-order valence-corrected chi connectivity index (χ1v) is 15.8. The van der Waals surface area contributed by atoms with Gasteiger partial charge in [-0.05, 0) is 82.6 Å². The van der Waals surface area contributed by atoms with Gasteiger partial charge >= 0.3 is 0 Å². The minimum absolute atomic E-state index is 0.0394. The van der Waals surface area contributed by atoms with Crippen LogP contribution in [0, 0.1) is 19.3 Å². The van der Waals surface area contributed by atoms with Gasteiger partial charge in [0.1, 0.15) is 0 Å². The van der Waals surface area contributed by atoms with Crippen LogP contribution >= 0.6 is 0 Å². The van der Waals surface area contributed by atoms with E-state index in [-0.39, 0.29) is 10.8 Å². The molecule has 1 N–H and O–H groups in total. The molecule has 0 unspecified atom stereocenters. The molecule has 2 heteroatoms. The molecule has 6 rings (SSSR count). The van der Waals surface area contributed by atoms with Gasteiger partial charge in [-0.15, -0.1) is 0 Å². The van der Waals surface area contributed by atoms with Gasteiger partial charge in [0, 0.05) is 35.0 Å². The summed E-state index contributed by atoms with van der Waals surface area (Å²) in [5.41, 5.74) is 14.5. The van der Waals surface area contributed by atoms with Gasteiger partial charge in [0.15, 0.2) is 0 Å². The molecule has 4 aromatic rings. The van der Waals surface area contributed by atoms with E-state index in [0.29, 0.717) is 0 Å². The fourth-order valence-corrected chi connectivity index (χ4v) is 6.69. The van der Waals surface area contributed by atoms with E-state index in [4.69, 9.17) is 5.11 Å². The fraction of sp³-hybridized carbons (Fsp3) is 0.286. The van der Waals surface area contributed by atoms with Crippen molar-refractivity contribution < 1.29 is 5.11 Å². The number of benzene rings is 4. The van der Waals surface area contributed by atoms with Gasteiger partial charge in [-0.25, -0.2) is 0 Å². The lowest BCUT2D eigenvalue weighted by Crippen LogP contribution is -2.26. The second-order valence-corrected chi connectivity index (χ2v) is 12.8. The van der Waals surface area contributed by atoms with E-state index in [1.807, 2.05) is 0 Å². The van der Waals surface area contributed by atoms with Gasteiger partial charge in [0.25, 0.3) is 0 Å². The van der Waals surface area contributed by atoms with Crippen molar-refractivity contribution in [3.63, 3.8) is 0 Å². The van der Waals surface area contributed by atoms with E-state index >= 15 is 0 Å². The minimum Gasteiger partial charge on any atom is -0.400 e. The Morgan fingerprint density at radius 1 is 0.682 bits per heavy atom. The summed E-state index contributed by atoms with van der Waals surface area (Å²) in [5, 5.41) is 7.00. The molecule has 0 fully saturated rings. The fourth-order valence-electron chi connectivity index (χ4n) is 6.69. The molecule has 0 atom stereocenters. The largest absolute Gasteiger partial charge is 0.400 e. The lowest BCUT2D eigenvalue weighted by molar-refractivity contribution is 0.399. The molecular formula is C42H49NO. The number of nitrogens with zero attached hydrogens (tertiary/aromatic N) is 1. The summed E-state index contributed by atoms with van der Waals surface area (Å²) in [7, 11) is 1.00. The summed E-state index contributed by atoms with van der Waals surface area (Å²) in [6.07, 6.45) is 10.4. The predicted molar refractivity (Wildman–Crippen MR) is 193 cm³/mol. The molecule has 0 aromatic heterocycles. The Morgan fingerprint density at radius 3 is 1.73 bits per heavy atom. The van der Waals surface area contributed by atoms with Crippen molar-refractivity contribution in [2.45, 2.75) is 67.2 Å². The maximum absolute atomic E-state index is 7.00. The van der Waals surface area contributed by atoms with E-state index in [2.05, 4.69) is 176 Å². The summed E-state index contributed by atoms with van der Waals surface area (Å²) < 4.78 is 0. The lowest BCUT2D eigenvalue weighted by atomic mass is 9.70. The average molecular weight is 584 g/mol. The first-order valence-electron chi connectivity index (χ1n) is 15.8. The van der Waals surface area contributed by atoms with Gasteiger partial charge < -0.3 is 10.0 Å². The maximum Gasteiger partial charge on any atom is 0.0490 e. The molecule has 44 heavy (non-hydrogen) atoms. The number of aliphatic hydroxyl groups is 1. The highest BCUT2D eigenvalue weighted by molar-refractivity contribution is 5.90. The molecule has 0 radical (unpaired) electrons. The zero-order valence-corrected chi connectivity index (χ0v) is 28.1. The molecule has 0 saturated heterocycles. The molecule has 2 aliphatic rings. The SMILES string of the molecule is CCC.CO.Cc1ccccc1N(c1ccc(/C=C/c2ccc3c(c2)C(C)(C)C2=C3C=CC2(C)C)cc1)c1ccccc1C. The number of hydrogen-bond donors (Lipinski definition) is 1. The van der Waals surface area contributed by atoms with E-state index in [9.17, 15) is 0 Å². The smallest absolute Gasteiger partial charge is 0.0490 e. The van der Waals surface area contributed by atoms with Crippen LogP contribution in [0.4, 0.5) is 17.1 Å². The number of para-hydroxylation sites is 2. The average Bonchev–Trinajstić information content (AvgIpc) is 3.47. The minimum atomic E-state index is 0.0394. The third-order valence-electron chi connectivity index (χ3n) is 8.54. The molecule has 0 amide bonds. The van der Waals surface area contributed by atoms with Gasteiger partial charge in [0.2, 0.25) is 0 Å². The quantitative estimate of drug-likeness (QED) is 0.236. The van der Waals surface area contributed by atoms with E-state index in [1.54, 1.807) is 5.57 Å². The summed E-state index contributed by atoms with van der Waals surface area (Å²) in [5.74, 6) is 0. The van der Waals surface area contributed by atoms with Crippen LogP contribution in [0.5, 0.6) is 0 Å². The Bertz CT molecular complexity index is 1640. The molecule has 2 aliphatic carbocycles. The van der Waals surface area contributed by atoms with Gasteiger partial charge in [-0.2, -0.15) is 0 Å². The second kappa shape index (κ2) is 13.7. The Kier molecular flexibility index (Phi) is 10.2. The standard InChI is InChI=1S/C38H37N.C3H8.CH4O/c1-26-11-7-9-13-34(26)39(35-14-10-8-12-27(35)2)30-20-17-28(18-21-30)15-16-29-19-22-31-32-23-24-37(3,4)36(32)38(5,6)33(31)25-29;1-3-2;1-2/h7-25H,1-6H3;3H2,1-2H3;2H,1H3/b16-15+;;. The van der Waals surface area contributed by atoms with Gasteiger partial charge in [-0.1, -0.05) is 139 Å². The maximum atomic E-state index is 7.00. The van der Waals surface area contributed by atoms with Crippen molar-refractivity contribution in [3.8, 4) is 0 Å². The first kappa shape index (κ1) is 32.8. The topological polar surface area (TPSA) is 23.5 Å². The number of fused-ring (bicyclic) bond motifs is 2. The van der Waals surface area contributed by atoms with E-state index in [0.717, 1.165) is 12.8 Å². The highest BCUT2D eigenvalue weighted by atomic mass is 16.2. The van der Waals surface area contributed by atoms with Crippen LogP contribution in [0.2, 0.25) is 0 Å². The van der Waals surface area contributed by atoms with Crippen LogP contribution in [-0.4, -0.2) is 12.2 Å². The number of hydrogen-bond acceptors (Lipinski definition) is 2. The lowest BCUT2D eigenvalue weighted by Gasteiger charge is -2.33. The molecule has 0 aliphatic heterocycles. The van der Waals surface area contributed by atoms with E-state index in [1.165, 1.54) is 56.7 Å². The van der Waals surface area contributed by atoms with Crippen molar-refractivity contribution in [2.75, 3.05) is 12.0 Å². The number of allylic oxidation sites excluding steroid dienone is 4. The molecule has 0 spiro atoms. The zero-order chi connectivity index (χ0) is 32.1. The van der Waals surface area contributed by atoms with Crippen LogP contribution in [0.3, 0.4) is 0 Å². The summed E-state index contributed by atoms with van der Waals surface area (Å²) in [6.45, 7) is 18.0. The van der Waals surface area contributed by atoms with Crippen molar-refractivity contribution in [1.29, 1.82) is 0 Å². The molecule has 0 heterocycles. The van der Waals surface area contributed by atoms with Crippen molar-refractivity contribution in [1.82, 2.24) is 0 Å². The summed E-state index contributed by atoms with van der Waals surface area (Å²) >= 11 is 0. The Hall–Kier alpha value is -4.14.